The minimum absolute atomic E-state index is 0.180. The van der Waals surface area contributed by atoms with Crippen LogP contribution in [0.3, 0.4) is 0 Å². The molecule has 0 amide bonds. The van der Waals surface area contributed by atoms with Crippen LogP contribution < -0.4 is 5.56 Å². The molecular formula is C25H17FN2OS. The topological polar surface area (TPSA) is 45.8 Å². The fourth-order valence-electron chi connectivity index (χ4n) is 3.74. The predicted molar refractivity (Wildman–Crippen MR) is 119 cm³/mol. The number of H-pyrrole nitrogens is 1. The van der Waals surface area contributed by atoms with Crippen molar-refractivity contribution < 1.29 is 4.39 Å². The van der Waals surface area contributed by atoms with Crippen molar-refractivity contribution in [1.29, 1.82) is 0 Å². The third-order valence-corrected chi connectivity index (χ3v) is 6.03. The molecule has 0 radical (unpaired) electrons. The first-order valence-corrected chi connectivity index (χ1v) is 10.5. The van der Waals surface area contributed by atoms with Crippen LogP contribution in [-0.2, 0) is 0 Å². The maximum atomic E-state index is 13.3. The molecule has 0 aliphatic rings. The fourth-order valence-corrected chi connectivity index (χ4v) is 4.70. The van der Waals surface area contributed by atoms with Crippen LogP contribution >= 0.6 is 11.3 Å². The van der Waals surface area contributed by atoms with Gasteiger partial charge in [-0.1, -0.05) is 72.8 Å². The number of nitrogens with zero attached hydrogens (tertiary/aromatic N) is 1. The van der Waals surface area contributed by atoms with E-state index in [2.05, 4.69) is 4.98 Å². The van der Waals surface area contributed by atoms with Crippen LogP contribution in [0.1, 0.15) is 22.9 Å². The average Bonchev–Trinajstić information content (AvgIpc) is 3.21. The summed E-state index contributed by atoms with van der Waals surface area (Å²) in [4.78, 5) is 21.7. The van der Waals surface area contributed by atoms with Crippen molar-refractivity contribution in [2.75, 3.05) is 0 Å². The molecule has 0 aliphatic carbocycles. The average molecular weight is 412 g/mol. The molecule has 5 heteroatoms. The Kier molecular flexibility index (Phi) is 4.73. The summed E-state index contributed by atoms with van der Waals surface area (Å²) in [5, 5.41) is 2.44. The standard InChI is InChI=1S/C25H17FN2OS/c26-19-13-11-16(12-14-19)20-15-30-25-22(20)24(29)27-23(28-25)21(17-7-3-1-4-8-17)18-9-5-2-6-10-18/h1-15,21H,(H,27,28,29). The third-order valence-electron chi connectivity index (χ3n) is 5.16. The molecule has 3 aromatic carbocycles. The van der Waals surface area contributed by atoms with Gasteiger partial charge in [0.2, 0.25) is 0 Å². The van der Waals surface area contributed by atoms with Crippen LogP contribution in [0.4, 0.5) is 4.39 Å². The van der Waals surface area contributed by atoms with Gasteiger partial charge < -0.3 is 4.98 Å². The van der Waals surface area contributed by atoms with E-state index in [1.54, 1.807) is 12.1 Å². The highest BCUT2D eigenvalue weighted by Crippen LogP contribution is 2.34. The molecule has 0 aliphatic heterocycles. The number of fused-ring (bicyclic) bond motifs is 1. The fraction of sp³-hybridized carbons (Fsp3) is 0.0400. The molecule has 0 saturated heterocycles. The number of hydrogen-bond acceptors (Lipinski definition) is 3. The summed E-state index contributed by atoms with van der Waals surface area (Å²) in [6, 6.07) is 26.2. The van der Waals surface area contributed by atoms with E-state index < -0.39 is 0 Å². The summed E-state index contributed by atoms with van der Waals surface area (Å²) in [7, 11) is 0. The Morgan fingerprint density at radius 2 is 1.43 bits per heavy atom. The SMILES string of the molecule is O=c1[nH]c(C(c2ccccc2)c2ccccc2)nc2scc(-c3ccc(F)cc3)c12. The first-order valence-electron chi connectivity index (χ1n) is 9.58. The van der Waals surface area contributed by atoms with Gasteiger partial charge in [-0.3, -0.25) is 4.79 Å². The van der Waals surface area contributed by atoms with Crippen molar-refractivity contribution in [2.45, 2.75) is 5.92 Å². The van der Waals surface area contributed by atoms with E-state index in [0.717, 1.165) is 22.3 Å². The lowest BCUT2D eigenvalue weighted by atomic mass is 9.90. The van der Waals surface area contributed by atoms with Crippen molar-refractivity contribution in [3.8, 4) is 11.1 Å². The number of benzene rings is 3. The van der Waals surface area contributed by atoms with E-state index in [9.17, 15) is 9.18 Å². The molecule has 0 spiro atoms. The van der Waals surface area contributed by atoms with E-state index in [1.807, 2.05) is 66.0 Å². The van der Waals surface area contributed by atoms with E-state index in [1.165, 1.54) is 23.5 Å². The molecule has 3 nitrogen and oxygen atoms in total. The Hall–Kier alpha value is -3.57. The first-order chi connectivity index (χ1) is 14.7. The number of aromatic nitrogens is 2. The summed E-state index contributed by atoms with van der Waals surface area (Å²) in [5.74, 6) is 0.124. The van der Waals surface area contributed by atoms with Gasteiger partial charge in [-0.05, 0) is 28.8 Å². The summed E-state index contributed by atoms with van der Waals surface area (Å²) in [6.45, 7) is 0. The lowest BCUT2D eigenvalue weighted by Crippen LogP contribution is -2.16. The highest BCUT2D eigenvalue weighted by molar-refractivity contribution is 7.17. The normalized spacial score (nSPS) is 11.3. The Morgan fingerprint density at radius 3 is 2.03 bits per heavy atom. The molecule has 30 heavy (non-hydrogen) atoms. The van der Waals surface area contributed by atoms with Crippen molar-refractivity contribution in [3.63, 3.8) is 0 Å². The van der Waals surface area contributed by atoms with Crippen LogP contribution in [0.25, 0.3) is 21.3 Å². The second-order valence-electron chi connectivity index (χ2n) is 7.04. The largest absolute Gasteiger partial charge is 0.309 e. The van der Waals surface area contributed by atoms with E-state index in [0.29, 0.717) is 16.0 Å². The number of thiophene rings is 1. The Bertz CT molecular complexity index is 1320. The summed E-state index contributed by atoms with van der Waals surface area (Å²) in [5.41, 5.74) is 3.49. The Morgan fingerprint density at radius 1 is 0.833 bits per heavy atom. The van der Waals surface area contributed by atoms with Gasteiger partial charge in [0.25, 0.3) is 5.56 Å². The molecule has 0 unspecified atom stereocenters. The van der Waals surface area contributed by atoms with Crippen molar-refractivity contribution in [3.05, 3.63) is 123 Å². The molecule has 0 bridgehead atoms. The molecule has 5 rings (SSSR count). The minimum atomic E-state index is -0.304. The lowest BCUT2D eigenvalue weighted by molar-refractivity contribution is 0.628. The minimum Gasteiger partial charge on any atom is -0.309 e. The Balaban J connectivity index is 1.68. The molecule has 146 valence electrons. The molecular weight excluding hydrogens is 395 g/mol. The van der Waals surface area contributed by atoms with Gasteiger partial charge in [0.05, 0.1) is 11.3 Å². The van der Waals surface area contributed by atoms with E-state index in [-0.39, 0.29) is 17.3 Å². The number of nitrogens with one attached hydrogen (secondary N) is 1. The van der Waals surface area contributed by atoms with Gasteiger partial charge >= 0.3 is 0 Å². The monoisotopic (exact) mass is 412 g/mol. The summed E-state index contributed by atoms with van der Waals surface area (Å²) >= 11 is 1.42. The highest BCUT2D eigenvalue weighted by atomic mass is 32.1. The third kappa shape index (κ3) is 3.33. The van der Waals surface area contributed by atoms with Gasteiger partial charge in [-0.15, -0.1) is 11.3 Å². The predicted octanol–water partition coefficient (Wildman–Crippen LogP) is 5.97. The van der Waals surface area contributed by atoms with Crippen molar-refractivity contribution >= 4 is 21.6 Å². The molecule has 5 aromatic rings. The number of rotatable bonds is 4. The summed E-state index contributed by atoms with van der Waals surface area (Å²) in [6.07, 6.45) is 0. The molecule has 0 fully saturated rings. The highest BCUT2D eigenvalue weighted by Gasteiger charge is 2.21. The van der Waals surface area contributed by atoms with Crippen LogP contribution in [0, 0.1) is 5.82 Å². The summed E-state index contributed by atoms with van der Waals surface area (Å²) < 4.78 is 13.3. The molecule has 1 N–H and O–H groups in total. The smallest absolute Gasteiger partial charge is 0.260 e. The van der Waals surface area contributed by atoms with Crippen molar-refractivity contribution in [2.24, 2.45) is 0 Å². The molecule has 0 saturated carbocycles. The first kappa shape index (κ1) is 18.5. The maximum Gasteiger partial charge on any atom is 0.260 e. The quantitative estimate of drug-likeness (QED) is 0.395. The lowest BCUT2D eigenvalue weighted by Gasteiger charge is -2.17. The van der Waals surface area contributed by atoms with Crippen molar-refractivity contribution in [1.82, 2.24) is 9.97 Å². The zero-order valence-electron chi connectivity index (χ0n) is 15.9. The van der Waals surface area contributed by atoms with Crippen LogP contribution in [-0.4, -0.2) is 9.97 Å². The Labute approximate surface area is 176 Å². The molecule has 2 aromatic heterocycles. The van der Waals surface area contributed by atoms with Crippen LogP contribution in [0.5, 0.6) is 0 Å². The molecule has 2 heterocycles. The van der Waals surface area contributed by atoms with Crippen LogP contribution in [0.2, 0.25) is 0 Å². The van der Waals surface area contributed by atoms with Gasteiger partial charge in [-0.25, -0.2) is 9.37 Å². The van der Waals surface area contributed by atoms with E-state index >= 15 is 0 Å². The number of hydrogen-bond donors (Lipinski definition) is 1. The zero-order valence-corrected chi connectivity index (χ0v) is 16.7. The zero-order chi connectivity index (χ0) is 20.5. The van der Waals surface area contributed by atoms with E-state index in [4.69, 9.17) is 4.98 Å². The molecule has 0 atom stereocenters. The van der Waals surface area contributed by atoms with Crippen LogP contribution in [0.15, 0.2) is 95.1 Å². The van der Waals surface area contributed by atoms with Gasteiger partial charge in [0.1, 0.15) is 16.5 Å². The number of aromatic amines is 1. The second-order valence-corrected chi connectivity index (χ2v) is 7.90. The second kappa shape index (κ2) is 7.69. The maximum absolute atomic E-state index is 13.3. The number of halogens is 1. The van der Waals surface area contributed by atoms with Gasteiger partial charge in [0.15, 0.2) is 0 Å². The van der Waals surface area contributed by atoms with Gasteiger partial charge in [-0.2, -0.15) is 0 Å². The van der Waals surface area contributed by atoms with Gasteiger partial charge in [0, 0.05) is 10.9 Å².